The summed E-state index contributed by atoms with van der Waals surface area (Å²) in [6.07, 6.45) is 0. The van der Waals surface area contributed by atoms with Gasteiger partial charge in [0.1, 0.15) is 35.3 Å². The molecule has 0 bridgehead atoms. The number of rotatable bonds is 10. The molecule has 0 spiro atoms. The van der Waals surface area contributed by atoms with Crippen LogP contribution in [0.15, 0.2) is 40.8 Å². The van der Waals surface area contributed by atoms with E-state index >= 15 is 0 Å². The molecule has 31 heavy (non-hydrogen) atoms. The van der Waals surface area contributed by atoms with Crippen LogP contribution in [0.2, 0.25) is 0 Å². The Morgan fingerprint density at radius 2 is 1.84 bits per heavy atom. The molecule has 1 N–H and O–H groups in total. The van der Waals surface area contributed by atoms with E-state index in [0.29, 0.717) is 36.0 Å². The molecule has 0 saturated carbocycles. The lowest BCUT2D eigenvalue weighted by atomic mass is 10.3. The van der Waals surface area contributed by atoms with Gasteiger partial charge < -0.3 is 19.2 Å². The zero-order chi connectivity index (χ0) is 22.4. The molecule has 10 heteroatoms. The van der Waals surface area contributed by atoms with Gasteiger partial charge in [-0.3, -0.25) is 19.6 Å². The van der Waals surface area contributed by atoms with E-state index in [4.69, 9.17) is 13.9 Å². The van der Waals surface area contributed by atoms with Gasteiger partial charge in [-0.05, 0) is 57.2 Å². The zero-order valence-electron chi connectivity index (χ0n) is 17.6. The SMILES string of the molecule is CCOc1ccc(OCc2ccc(C(=O)NCCn3nc(C)c([N+](=O)[O-])c3C)o2)cc1. The number of nitrogens with zero attached hydrogens (tertiary/aromatic N) is 3. The normalized spacial score (nSPS) is 10.7. The molecule has 0 atom stereocenters. The summed E-state index contributed by atoms with van der Waals surface area (Å²) in [7, 11) is 0. The molecule has 1 amide bonds. The average molecular weight is 428 g/mol. The highest BCUT2D eigenvalue weighted by atomic mass is 16.6. The number of carbonyl (C=O) groups excluding carboxylic acids is 1. The molecule has 0 aliphatic rings. The third-order valence-corrected chi connectivity index (χ3v) is 4.54. The third kappa shape index (κ3) is 5.41. The lowest BCUT2D eigenvalue weighted by Crippen LogP contribution is -2.27. The fraction of sp³-hybridized carbons (Fsp3) is 0.333. The number of nitro groups is 1. The first-order valence-electron chi connectivity index (χ1n) is 9.80. The average Bonchev–Trinajstić information content (AvgIpc) is 3.32. The summed E-state index contributed by atoms with van der Waals surface area (Å²) in [5.74, 6) is 1.70. The van der Waals surface area contributed by atoms with Crippen LogP contribution in [0.1, 0.15) is 34.6 Å². The largest absolute Gasteiger partial charge is 0.494 e. The number of furan rings is 1. The van der Waals surface area contributed by atoms with Gasteiger partial charge in [-0.2, -0.15) is 5.10 Å². The van der Waals surface area contributed by atoms with Gasteiger partial charge in [-0.1, -0.05) is 0 Å². The Bertz CT molecular complexity index is 1050. The predicted molar refractivity (Wildman–Crippen MR) is 111 cm³/mol. The van der Waals surface area contributed by atoms with Gasteiger partial charge in [-0.15, -0.1) is 0 Å². The van der Waals surface area contributed by atoms with Crippen molar-refractivity contribution in [2.75, 3.05) is 13.2 Å². The zero-order valence-corrected chi connectivity index (χ0v) is 17.6. The van der Waals surface area contributed by atoms with E-state index in [0.717, 1.165) is 5.75 Å². The molecule has 0 radical (unpaired) electrons. The van der Waals surface area contributed by atoms with Gasteiger partial charge >= 0.3 is 5.69 Å². The van der Waals surface area contributed by atoms with Crippen LogP contribution in [0, 0.1) is 24.0 Å². The summed E-state index contributed by atoms with van der Waals surface area (Å²) in [6, 6.07) is 10.5. The molecule has 3 rings (SSSR count). The van der Waals surface area contributed by atoms with Crippen molar-refractivity contribution in [1.82, 2.24) is 15.1 Å². The number of aryl methyl sites for hydroxylation is 1. The molecule has 10 nitrogen and oxygen atoms in total. The maximum Gasteiger partial charge on any atom is 0.312 e. The quantitative estimate of drug-likeness (QED) is 0.388. The number of hydrogen-bond donors (Lipinski definition) is 1. The highest BCUT2D eigenvalue weighted by Gasteiger charge is 2.21. The number of carbonyl (C=O) groups is 1. The fourth-order valence-electron chi connectivity index (χ4n) is 3.06. The maximum atomic E-state index is 12.3. The van der Waals surface area contributed by atoms with E-state index in [1.165, 1.54) is 4.68 Å². The van der Waals surface area contributed by atoms with E-state index in [9.17, 15) is 14.9 Å². The smallest absolute Gasteiger partial charge is 0.312 e. The highest BCUT2D eigenvalue weighted by Crippen LogP contribution is 2.21. The van der Waals surface area contributed by atoms with Crippen molar-refractivity contribution in [3.05, 3.63) is 69.4 Å². The number of ether oxygens (including phenoxy) is 2. The first-order valence-corrected chi connectivity index (χ1v) is 9.80. The molecule has 0 aliphatic heterocycles. The first kappa shape index (κ1) is 21.9. The van der Waals surface area contributed by atoms with Crippen LogP contribution in [-0.4, -0.2) is 33.8 Å². The van der Waals surface area contributed by atoms with E-state index in [2.05, 4.69) is 10.4 Å². The molecular weight excluding hydrogens is 404 g/mol. The van der Waals surface area contributed by atoms with Crippen molar-refractivity contribution in [3.8, 4) is 11.5 Å². The molecule has 0 saturated heterocycles. The Morgan fingerprint density at radius 1 is 1.16 bits per heavy atom. The van der Waals surface area contributed by atoms with E-state index < -0.39 is 4.92 Å². The minimum absolute atomic E-state index is 0.00506. The van der Waals surface area contributed by atoms with Crippen LogP contribution in [0.25, 0.3) is 0 Å². The minimum atomic E-state index is -0.452. The lowest BCUT2D eigenvalue weighted by Gasteiger charge is -2.07. The van der Waals surface area contributed by atoms with Gasteiger partial charge in [0.15, 0.2) is 5.76 Å². The topological polar surface area (TPSA) is 122 Å². The van der Waals surface area contributed by atoms with E-state index in [1.54, 1.807) is 38.1 Å². The van der Waals surface area contributed by atoms with Crippen LogP contribution in [0.5, 0.6) is 11.5 Å². The molecular formula is C21H24N4O6. The Hall–Kier alpha value is -3.82. The van der Waals surface area contributed by atoms with Crippen molar-refractivity contribution in [3.63, 3.8) is 0 Å². The fourth-order valence-corrected chi connectivity index (χ4v) is 3.06. The summed E-state index contributed by atoms with van der Waals surface area (Å²) >= 11 is 0. The molecule has 164 valence electrons. The molecule has 0 unspecified atom stereocenters. The Labute approximate surface area is 178 Å². The standard InChI is InChI=1S/C21H24N4O6/c1-4-29-16-5-7-17(8-6-16)30-13-18-9-10-19(31-18)21(26)22-11-12-24-15(3)20(25(27)28)14(2)23-24/h5-10H,4,11-13H2,1-3H3,(H,22,26). The molecule has 0 fully saturated rings. The Morgan fingerprint density at radius 3 is 2.45 bits per heavy atom. The summed E-state index contributed by atoms with van der Waals surface area (Å²) in [6.45, 7) is 6.45. The molecule has 3 aromatic rings. The van der Waals surface area contributed by atoms with Gasteiger partial charge in [-0.25, -0.2) is 0 Å². The lowest BCUT2D eigenvalue weighted by molar-refractivity contribution is -0.386. The third-order valence-electron chi connectivity index (χ3n) is 4.54. The number of amides is 1. The second-order valence-electron chi connectivity index (χ2n) is 6.71. The van der Waals surface area contributed by atoms with Crippen molar-refractivity contribution in [2.45, 2.75) is 33.9 Å². The van der Waals surface area contributed by atoms with Crippen LogP contribution in [0.4, 0.5) is 5.69 Å². The summed E-state index contributed by atoms with van der Waals surface area (Å²) < 4.78 is 18.1. The highest BCUT2D eigenvalue weighted by molar-refractivity contribution is 5.91. The number of aromatic nitrogens is 2. The Kier molecular flexibility index (Phi) is 6.91. The summed E-state index contributed by atoms with van der Waals surface area (Å²) in [5, 5.41) is 17.9. The first-order chi connectivity index (χ1) is 14.9. The molecule has 2 aromatic heterocycles. The van der Waals surface area contributed by atoms with Crippen molar-refractivity contribution in [2.24, 2.45) is 0 Å². The maximum absolute atomic E-state index is 12.3. The molecule has 2 heterocycles. The molecule has 0 aliphatic carbocycles. The van der Waals surface area contributed by atoms with Gasteiger partial charge in [0.05, 0.1) is 18.1 Å². The van der Waals surface area contributed by atoms with Gasteiger partial charge in [0.25, 0.3) is 5.91 Å². The van der Waals surface area contributed by atoms with Crippen molar-refractivity contribution >= 4 is 11.6 Å². The number of hydrogen-bond acceptors (Lipinski definition) is 7. The van der Waals surface area contributed by atoms with Crippen molar-refractivity contribution < 1.29 is 23.6 Å². The summed E-state index contributed by atoms with van der Waals surface area (Å²) in [4.78, 5) is 22.9. The Balaban J connectivity index is 1.49. The van der Waals surface area contributed by atoms with Crippen LogP contribution < -0.4 is 14.8 Å². The van der Waals surface area contributed by atoms with Crippen LogP contribution >= 0.6 is 0 Å². The van der Waals surface area contributed by atoms with Gasteiger partial charge in [0, 0.05) is 6.54 Å². The predicted octanol–water partition coefficient (Wildman–Crippen LogP) is 3.41. The molecule has 1 aromatic carbocycles. The monoisotopic (exact) mass is 428 g/mol. The van der Waals surface area contributed by atoms with E-state index in [1.807, 2.05) is 19.1 Å². The van der Waals surface area contributed by atoms with Gasteiger partial charge in [0.2, 0.25) is 0 Å². The van der Waals surface area contributed by atoms with E-state index in [-0.39, 0.29) is 30.5 Å². The number of benzene rings is 1. The second kappa shape index (κ2) is 9.79. The minimum Gasteiger partial charge on any atom is -0.494 e. The van der Waals surface area contributed by atoms with Crippen molar-refractivity contribution in [1.29, 1.82) is 0 Å². The van der Waals surface area contributed by atoms with Crippen LogP contribution in [0.3, 0.4) is 0 Å². The van der Waals surface area contributed by atoms with Crippen LogP contribution in [-0.2, 0) is 13.2 Å². The second-order valence-corrected chi connectivity index (χ2v) is 6.71. The number of nitrogens with one attached hydrogen (secondary N) is 1. The summed E-state index contributed by atoms with van der Waals surface area (Å²) in [5.41, 5.74) is 0.787.